The van der Waals surface area contributed by atoms with Crippen LogP contribution in [0, 0.1) is 0 Å². The highest BCUT2D eigenvalue weighted by atomic mass is 16.1. The molecule has 4 heteroatoms. The molecule has 0 aliphatic heterocycles. The molecule has 1 fully saturated rings. The van der Waals surface area contributed by atoms with Crippen molar-refractivity contribution in [3.8, 4) is 11.4 Å². The number of isocyanates is 1. The second kappa shape index (κ2) is 5.06. The van der Waals surface area contributed by atoms with E-state index >= 15 is 0 Å². The molecule has 0 unspecified atom stereocenters. The van der Waals surface area contributed by atoms with E-state index in [9.17, 15) is 4.79 Å². The molecule has 1 aliphatic carbocycles. The van der Waals surface area contributed by atoms with Gasteiger partial charge in [0.05, 0.1) is 5.54 Å². The smallest absolute Gasteiger partial charge is 0.235 e. The zero-order chi connectivity index (χ0) is 14.0. The standard InChI is InChI=1S/C16H17N3O/c1-19-11-10-17-15(19)13-4-6-14(7-5-13)16(18-12-20)8-2-3-9-16/h4-7,10-11H,2-3,8-9H2,1H3. The summed E-state index contributed by atoms with van der Waals surface area (Å²) in [4.78, 5) is 19.2. The Morgan fingerprint density at radius 2 is 1.95 bits per heavy atom. The number of hydrogen-bond donors (Lipinski definition) is 0. The number of nitrogens with zero attached hydrogens (tertiary/aromatic N) is 3. The number of carbonyl (C=O) groups excluding carboxylic acids is 1. The SMILES string of the molecule is Cn1ccnc1-c1ccc(C2(N=C=O)CCCC2)cc1. The van der Waals surface area contributed by atoms with Crippen LogP contribution in [0.25, 0.3) is 11.4 Å². The van der Waals surface area contributed by atoms with Gasteiger partial charge in [-0.2, -0.15) is 4.99 Å². The maximum absolute atomic E-state index is 10.7. The molecule has 0 amide bonds. The van der Waals surface area contributed by atoms with Crippen LogP contribution in [0.2, 0.25) is 0 Å². The van der Waals surface area contributed by atoms with E-state index in [4.69, 9.17) is 0 Å². The molecular formula is C16H17N3O. The highest BCUT2D eigenvalue weighted by Gasteiger charge is 2.35. The number of aryl methyl sites for hydroxylation is 1. The Balaban J connectivity index is 1.97. The third-order valence-corrected chi connectivity index (χ3v) is 4.19. The molecule has 1 aromatic carbocycles. The lowest BCUT2D eigenvalue weighted by molar-refractivity contribution is 0.456. The minimum atomic E-state index is -0.345. The number of rotatable bonds is 3. The fourth-order valence-corrected chi connectivity index (χ4v) is 3.09. The van der Waals surface area contributed by atoms with Gasteiger partial charge in [-0.3, -0.25) is 0 Å². The average molecular weight is 267 g/mol. The Bertz CT molecular complexity index is 645. The van der Waals surface area contributed by atoms with Crippen LogP contribution in [0.5, 0.6) is 0 Å². The van der Waals surface area contributed by atoms with E-state index in [-0.39, 0.29) is 5.54 Å². The van der Waals surface area contributed by atoms with E-state index in [2.05, 4.69) is 34.2 Å². The quantitative estimate of drug-likeness (QED) is 0.633. The molecule has 0 N–H and O–H groups in total. The lowest BCUT2D eigenvalue weighted by Gasteiger charge is -2.22. The van der Waals surface area contributed by atoms with Gasteiger partial charge in [0.15, 0.2) is 0 Å². The molecule has 0 atom stereocenters. The van der Waals surface area contributed by atoms with Gasteiger partial charge in [0.25, 0.3) is 0 Å². The number of imidazole rings is 1. The van der Waals surface area contributed by atoms with Crippen molar-refractivity contribution in [1.29, 1.82) is 0 Å². The molecule has 0 bridgehead atoms. The van der Waals surface area contributed by atoms with E-state index in [1.807, 2.05) is 17.8 Å². The molecule has 0 saturated heterocycles. The molecule has 1 heterocycles. The normalized spacial score (nSPS) is 16.9. The Kier molecular flexibility index (Phi) is 3.25. The van der Waals surface area contributed by atoms with Crippen LogP contribution in [0.1, 0.15) is 31.2 Å². The van der Waals surface area contributed by atoms with E-state index in [0.29, 0.717) is 0 Å². The zero-order valence-corrected chi connectivity index (χ0v) is 11.5. The molecule has 2 aromatic rings. The maximum atomic E-state index is 10.7. The van der Waals surface area contributed by atoms with Crippen molar-refractivity contribution >= 4 is 6.08 Å². The van der Waals surface area contributed by atoms with E-state index in [0.717, 1.165) is 42.6 Å². The average Bonchev–Trinajstić information content (AvgIpc) is 3.09. The third kappa shape index (κ3) is 2.08. The molecule has 1 aliphatic rings. The summed E-state index contributed by atoms with van der Waals surface area (Å²) in [7, 11) is 1.98. The first-order valence-electron chi connectivity index (χ1n) is 6.92. The van der Waals surface area contributed by atoms with Crippen molar-refractivity contribution < 1.29 is 4.79 Å². The van der Waals surface area contributed by atoms with Gasteiger partial charge in [-0.25, -0.2) is 9.78 Å². The largest absolute Gasteiger partial charge is 0.334 e. The molecule has 20 heavy (non-hydrogen) atoms. The molecule has 1 aromatic heterocycles. The van der Waals surface area contributed by atoms with Crippen LogP contribution in [-0.2, 0) is 17.4 Å². The Morgan fingerprint density at radius 1 is 1.25 bits per heavy atom. The van der Waals surface area contributed by atoms with E-state index in [1.165, 1.54) is 0 Å². The van der Waals surface area contributed by atoms with Crippen LogP contribution >= 0.6 is 0 Å². The molecule has 4 nitrogen and oxygen atoms in total. The summed E-state index contributed by atoms with van der Waals surface area (Å²) in [6, 6.07) is 8.24. The molecule has 3 rings (SSSR count). The predicted octanol–water partition coefficient (Wildman–Crippen LogP) is 3.19. The Morgan fingerprint density at radius 3 is 2.50 bits per heavy atom. The molecule has 0 spiro atoms. The maximum Gasteiger partial charge on any atom is 0.235 e. The van der Waals surface area contributed by atoms with Crippen molar-refractivity contribution in [2.45, 2.75) is 31.2 Å². The summed E-state index contributed by atoms with van der Waals surface area (Å²) in [5.41, 5.74) is 1.84. The second-order valence-corrected chi connectivity index (χ2v) is 5.38. The van der Waals surface area contributed by atoms with Gasteiger partial charge in [-0.05, 0) is 18.4 Å². The minimum absolute atomic E-state index is 0.345. The number of benzene rings is 1. The monoisotopic (exact) mass is 267 g/mol. The highest BCUT2D eigenvalue weighted by Crippen LogP contribution is 2.42. The molecule has 0 radical (unpaired) electrons. The Labute approximate surface area is 118 Å². The first-order chi connectivity index (χ1) is 9.75. The summed E-state index contributed by atoms with van der Waals surface area (Å²) in [5, 5.41) is 0. The fraction of sp³-hybridized carbons (Fsp3) is 0.375. The Hall–Kier alpha value is -2.19. The van der Waals surface area contributed by atoms with Gasteiger partial charge in [-0.15, -0.1) is 0 Å². The molecular weight excluding hydrogens is 250 g/mol. The second-order valence-electron chi connectivity index (χ2n) is 5.38. The van der Waals surface area contributed by atoms with E-state index in [1.54, 1.807) is 12.3 Å². The van der Waals surface area contributed by atoms with Gasteiger partial charge in [-0.1, -0.05) is 37.1 Å². The predicted molar refractivity (Wildman–Crippen MR) is 76.9 cm³/mol. The van der Waals surface area contributed by atoms with Crippen LogP contribution in [-0.4, -0.2) is 15.6 Å². The van der Waals surface area contributed by atoms with E-state index < -0.39 is 0 Å². The minimum Gasteiger partial charge on any atom is -0.334 e. The zero-order valence-electron chi connectivity index (χ0n) is 11.5. The summed E-state index contributed by atoms with van der Waals surface area (Å²) >= 11 is 0. The number of aliphatic imine (C=N–C) groups is 1. The van der Waals surface area contributed by atoms with Crippen molar-refractivity contribution in [3.05, 3.63) is 42.2 Å². The van der Waals surface area contributed by atoms with Crippen LogP contribution in [0.4, 0.5) is 0 Å². The fourth-order valence-electron chi connectivity index (χ4n) is 3.09. The topological polar surface area (TPSA) is 47.2 Å². The van der Waals surface area contributed by atoms with Crippen molar-refractivity contribution in [1.82, 2.24) is 9.55 Å². The van der Waals surface area contributed by atoms with Crippen LogP contribution in [0.15, 0.2) is 41.7 Å². The highest BCUT2D eigenvalue weighted by molar-refractivity contribution is 5.56. The van der Waals surface area contributed by atoms with Crippen molar-refractivity contribution in [2.75, 3.05) is 0 Å². The van der Waals surface area contributed by atoms with Crippen LogP contribution in [0.3, 0.4) is 0 Å². The van der Waals surface area contributed by atoms with Crippen molar-refractivity contribution in [2.24, 2.45) is 12.0 Å². The van der Waals surface area contributed by atoms with Gasteiger partial charge in [0, 0.05) is 25.0 Å². The van der Waals surface area contributed by atoms with Gasteiger partial charge in [0.2, 0.25) is 6.08 Å². The summed E-state index contributed by atoms with van der Waals surface area (Å²) in [6.45, 7) is 0. The van der Waals surface area contributed by atoms with Crippen molar-refractivity contribution in [3.63, 3.8) is 0 Å². The first-order valence-corrected chi connectivity index (χ1v) is 6.92. The van der Waals surface area contributed by atoms with Gasteiger partial charge < -0.3 is 4.57 Å². The summed E-state index contributed by atoms with van der Waals surface area (Å²) in [5.74, 6) is 0.941. The van der Waals surface area contributed by atoms with Crippen LogP contribution < -0.4 is 0 Å². The summed E-state index contributed by atoms with van der Waals surface area (Å²) < 4.78 is 1.99. The summed E-state index contributed by atoms with van der Waals surface area (Å²) in [6.07, 6.45) is 9.58. The number of aromatic nitrogens is 2. The van der Waals surface area contributed by atoms with Gasteiger partial charge >= 0.3 is 0 Å². The first kappa shape index (κ1) is 12.8. The molecule has 102 valence electrons. The third-order valence-electron chi connectivity index (χ3n) is 4.19. The molecule has 1 saturated carbocycles. The number of hydrogen-bond acceptors (Lipinski definition) is 3. The van der Waals surface area contributed by atoms with Gasteiger partial charge in [0.1, 0.15) is 5.82 Å². The lowest BCUT2D eigenvalue weighted by Crippen LogP contribution is -2.18. The lowest BCUT2D eigenvalue weighted by atomic mass is 9.88.